The van der Waals surface area contributed by atoms with E-state index in [2.05, 4.69) is 18.9 Å². The Kier molecular flexibility index (Phi) is 6.87. The van der Waals surface area contributed by atoms with Crippen LogP contribution in [0.1, 0.15) is 33.1 Å². The maximum absolute atomic E-state index is 5.68. The van der Waals surface area contributed by atoms with E-state index < -0.39 is 0 Å². The highest BCUT2D eigenvalue weighted by Gasteiger charge is 1.97. The van der Waals surface area contributed by atoms with Crippen molar-refractivity contribution in [3.8, 4) is 0 Å². The summed E-state index contributed by atoms with van der Waals surface area (Å²) < 4.78 is 0. The van der Waals surface area contributed by atoms with Crippen molar-refractivity contribution in [2.75, 3.05) is 20.1 Å². The van der Waals surface area contributed by atoms with Gasteiger partial charge >= 0.3 is 0 Å². The molecule has 2 nitrogen and oxygen atoms in total. The number of unbranched alkanes of at least 4 members (excludes halogenated alkanes) is 1. The fourth-order valence-electron chi connectivity index (χ4n) is 1.00. The van der Waals surface area contributed by atoms with E-state index in [1.807, 2.05) is 13.0 Å². The van der Waals surface area contributed by atoms with E-state index in [-0.39, 0.29) is 0 Å². The number of hydrogen-bond acceptors (Lipinski definition) is 2. The first-order valence-corrected chi connectivity index (χ1v) is 4.80. The van der Waals surface area contributed by atoms with E-state index in [9.17, 15) is 0 Å². The van der Waals surface area contributed by atoms with Gasteiger partial charge in [0.25, 0.3) is 0 Å². The van der Waals surface area contributed by atoms with Gasteiger partial charge in [-0.05, 0) is 33.4 Å². The molecule has 0 aliphatic heterocycles. The van der Waals surface area contributed by atoms with E-state index >= 15 is 0 Å². The van der Waals surface area contributed by atoms with E-state index in [1.165, 1.54) is 19.4 Å². The Morgan fingerprint density at radius 1 is 1.42 bits per heavy atom. The summed E-state index contributed by atoms with van der Waals surface area (Å²) in [7, 11) is 2.15. The maximum atomic E-state index is 5.68. The minimum absolute atomic E-state index is 0.997. The van der Waals surface area contributed by atoms with Crippen LogP contribution in [0.2, 0.25) is 0 Å². The second-order valence-corrected chi connectivity index (χ2v) is 3.27. The second kappa shape index (κ2) is 7.17. The first kappa shape index (κ1) is 11.5. The smallest absolute Gasteiger partial charge is 0.00500 e. The largest absolute Gasteiger partial charge is 0.402 e. The molecule has 0 spiro atoms. The van der Waals surface area contributed by atoms with Crippen LogP contribution in [-0.2, 0) is 0 Å². The zero-order valence-electron chi connectivity index (χ0n) is 8.64. The molecule has 0 aromatic heterocycles. The van der Waals surface area contributed by atoms with Crippen LogP contribution >= 0.6 is 0 Å². The highest BCUT2D eigenvalue weighted by Crippen LogP contribution is 1.97. The minimum atomic E-state index is 0.997. The van der Waals surface area contributed by atoms with Crippen molar-refractivity contribution in [1.82, 2.24) is 4.90 Å². The lowest BCUT2D eigenvalue weighted by Gasteiger charge is -2.15. The van der Waals surface area contributed by atoms with Gasteiger partial charge < -0.3 is 10.6 Å². The van der Waals surface area contributed by atoms with Crippen molar-refractivity contribution in [1.29, 1.82) is 0 Å². The normalized spacial score (nSPS) is 12.5. The lowest BCUT2D eigenvalue weighted by Crippen LogP contribution is -2.22. The predicted octanol–water partition coefficient (Wildman–Crippen LogP) is 1.97. The van der Waals surface area contributed by atoms with Crippen LogP contribution < -0.4 is 5.73 Å². The molecular formula is C10H22N2. The van der Waals surface area contributed by atoms with Crippen LogP contribution in [0.4, 0.5) is 0 Å². The van der Waals surface area contributed by atoms with Crippen molar-refractivity contribution in [3.63, 3.8) is 0 Å². The van der Waals surface area contributed by atoms with Gasteiger partial charge in [-0.2, -0.15) is 0 Å². The third-order valence-electron chi connectivity index (χ3n) is 2.05. The quantitative estimate of drug-likeness (QED) is 0.660. The van der Waals surface area contributed by atoms with Gasteiger partial charge in [0.05, 0.1) is 0 Å². The van der Waals surface area contributed by atoms with Gasteiger partial charge in [-0.1, -0.05) is 19.4 Å². The van der Waals surface area contributed by atoms with Gasteiger partial charge in [-0.15, -0.1) is 0 Å². The Morgan fingerprint density at radius 3 is 2.58 bits per heavy atom. The summed E-state index contributed by atoms with van der Waals surface area (Å²) in [5.74, 6) is 0. The van der Waals surface area contributed by atoms with Gasteiger partial charge in [-0.3, -0.25) is 0 Å². The predicted molar refractivity (Wildman–Crippen MR) is 55.0 cm³/mol. The third kappa shape index (κ3) is 6.23. The molecule has 0 unspecified atom stereocenters. The fourth-order valence-corrected chi connectivity index (χ4v) is 1.00. The standard InChI is InChI=1S/C10H22N2/c1-4-6-8-12(3)9-7-10(11)5-2/h5H,4,6-9,11H2,1-3H3/b10-5+. The molecule has 2 heteroatoms. The summed E-state index contributed by atoms with van der Waals surface area (Å²) >= 11 is 0. The summed E-state index contributed by atoms with van der Waals surface area (Å²) in [6.45, 7) is 6.47. The zero-order valence-corrected chi connectivity index (χ0v) is 8.64. The highest BCUT2D eigenvalue weighted by molar-refractivity contribution is 4.93. The molecule has 0 heterocycles. The second-order valence-electron chi connectivity index (χ2n) is 3.27. The number of allylic oxidation sites excluding steroid dienone is 1. The summed E-state index contributed by atoms with van der Waals surface area (Å²) in [6.07, 6.45) is 5.53. The van der Waals surface area contributed by atoms with Gasteiger partial charge in [-0.25, -0.2) is 0 Å². The topological polar surface area (TPSA) is 29.3 Å². The Hall–Kier alpha value is -0.500. The van der Waals surface area contributed by atoms with Crippen molar-refractivity contribution in [2.24, 2.45) is 5.73 Å². The number of nitrogens with two attached hydrogens (primary N) is 1. The Labute approximate surface area is 76.4 Å². The van der Waals surface area contributed by atoms with Crippen LogP contribution in [0.15, 0.2) is 11.8 Å². The number of nitrogens with zero attached hydrogens (tertiary/aromatic N) is 1. The molecule has 0 fully saturated rings. The van der Waals surface area contributed by atoms with Crippen molar-refractivity contribution >= 4 is 0 Å². The maximum Gasteiger partial charge on any atom is 0.00500 e. The molecule has 0 aliphatic rings. The molecule has 0 radical (unpaired) electrons. The molecule has 12 heavy (non-hydrogen) atoms. The zero-order chi connectivity index (χ0) is 9.40. The van der Waals surface area contributed by atoms with Gasteiger partial charge in [0, 0.05) is 12.2 Å². The van der Waals surface area contributed by atoms with E-state index in [4.69, 9.17) is 5.73 Å². The Balaban J connectivity index is 3.37. The molecule has 0 bridgehead atoms. The highest BCUT2D eigenvalue weighted by atomic mass is 15.1. The first-order chi connectivity index (χ1) is 5.70. The molecule has 0 aromatic carbocycles. The van der Waals surface area contributed by atoms with Gasteiger partial charge in [0.1, 0.15) is 0 Å². The molecule has 0 rings (SSSR count). The number of hydrogen-bond donors (Lipinski definition) is 1. The third-order valence-corrected chi connectivity index (χ3v) is 2.05. The molecule has 0 amide bonds. The summed E-state index contributed by atoms with van der Waals surface area (Å²) in [4.78, 5) is 2.33. The first-order valence-electron chi connectivity index (χ1n) is 4.80. The van der Waals surface area contributed by atoms with Gasteiger partial charge in [0.2, 0.25) is 0 Å². The summed E-state index contributed by atoms with van der Waals surface area (Å²) in [6, 6.07) is 0. The average Bonchev–Trinajstić information content (AvgIpc) is 2.10. The van der Waals surface area contributed by atoms with Crippen LogP contribution in [0, 0.1) is 0 Å². The molecule has 72 valence electrons. The van der Waals surface area contributed by atoms with Crippen LogP contribution in [0.3, 0.4) is 0 Å². The molecule has 0 aromatic rings. The van der Waals surface area contributed by atoms with E-state index in [0.717, 1.165) is 18.7 Å². The van der Waals surface area contributed by atoms with Crippen molar-refractivity contribution in [3.05, 3.63) is 11.8 Å². The lowest BCUT2D eigenvalue weighted by molar-refractivity contribution is 0.331. The monoisotopic (exact) mass is 170 g/mol. The van der Waals surface area contributed by atoms with Crippen molar-refractivity contribution < 1.29 is 0 Å². The molecule has 0 saturated carbocycles. The minimum Gasteiger partial charge on any atom is -0.402 e. The van der Waals surface area contributed by atoms with Crippen LogP contribution in [0.25, 0.3) is 0 Å². The van der Waals surface area contributed by atoms with E-state index in [0.29, 0.717) is 0 Å². The molecule has 0 saturated heterocycles. The average molecular weight is 170 g/mol. The molecule has 2 N–H and O–H groups in total. The van der Waals surface area contributed by atoms with Crippen molar-refractivity contribution in [2.45, 2.75) is 33.1 Å². The van der Waals surface area contributed by atoms with Gasteiger partial charge in [0.15, 0.2) is 0 Å². The number of rotatable bonds is 6. The van der Waals surface area contributed by atoms with E-state index in [1.54, 1.807) is 0 Å². The molecule has 0 aliphatic carbocycles. The SMILES string of the molecule is C/C=C(/N)CCN(C)CCCC. The summed E-state index contributed by atoms with van der Waals surface area (Å²) in [5.41, 5.74) is 6.68. The lowest BCUT2D eigenvalue weighted by atomic mass is 10.2. The summed E-state index contributed by atoms with van der Waals surface area (Å²) in [5, 5.41) is 0. The molecule has 0 atom stereocenters. The van der Waals surface area contributed by atoms with Crippen LogP contribution in [0.5, 0.6) is 0 Å². The Bertz CT molecular complexity index is 130. The molecular weight excluding hydrogens is 148 g/mol. The Morgan fingerprint density at radius 2 is 2.08 bits per heavy atom. The van der Waals surface area contributed by atoms with Crippen LogP contribution in [-0.4, -0.2) is 25.0 Å². The fraction of sp³-hybridized carbons (Fsp3) is 0.800.